The highest BCUT2D eigenvalue weighted by Gasteiger charge is 2.33. The second kappa shape index (κ2) is 4.30. The second-order valence-corrected chi connectivity index (χ2v) is 3.78. The van der Waals surface area contributed by atoms with E-state index in [-0.39, 0.29) is 16.9 Å². The molecule has 5 nitrogen and oxygen atoms in total. The van der Waals surface area contributed by atoms with E-state index >= 15 is 0 Å². The number of nitrogens with zero attached hydrogens (tertiary/aromatic N) is 2. The van der Waals surface area contributed by atoms with Gasteiger partial charge in [0.05, 0.1) is 11.4 Å². The largest absolute Gasteiger partial charge is 0.435 e. The number of alkyl halides is 3. The first-order valence-corrected chi connectivity index (χ1v) is 5.11. The molecule has 2 aromatic rings. The van der Waals surface area contributed by atoms with Crippen LogP contribution in [0, 0.1) is 0 Å². The number of benzene rings is 1. The molecule has 1 heterocycles. The number of hydrogen-bond donors (Lipinski definition) is 2. The standard InChI is InChI=1S/C11H9F3N4O/c12-11(13,14)9-3-4-18(17-9)8-2-1-6(10(16)19)5-7(8)15/h1-5H,15H2,(H2,16,19). The summed E-state index contributed by atoms with van der Waals surface area (Å²) < 4.78 is 38.2. The van der Waals surface area contributed by atoms with Crippen LogP contribution >= 0.6 is 0 Å². The molecule has 0 spiro atoms. The van der Waals surface area contributed by atoms with Gasteiger partial charge in [-0.2, -0.15) is 18.3 Å². The Labute approximate surface area is 105 Å². The first kappa shape index (κ1) is 12.9. The van der Waals surface area contributed by atoms with Gasteiger partial charge in [-0.1, -0.05) is 0 Å². The number of carbonyl (C=O) groups is 1. The number of rotatable bonds is 2. The molecular weight excluding hydrogens is 261 g/mol. The van der Waals surface area contributed by atoms with Crippen molar-refractivity contribution in [2.75, 3.05) is 5.73 Å². The Morgan fingerprint density at radius 3 is 2.42 bits per heavy atom. The Balaban J connectivity index is 2.43. The Hall–Kier alpha value is -2.51. The molecule has 0 aliphatic rings. The normalized spacial score (nSPS) is 11.5. The van der Waals surface area contributed by atoms with Crippen molar-refractivity contribution >= 4 is 11.6 Å². The molecule has 0 unspecified atom stereocenters. The summed E-state index contributed by atoms with van der Waals surface area (Å²) in [5.41, 5.74) is 10.2. The third-order valence-electron chi connectivity index (χ3n) is 2.44. The van der Waals surface area contributed by atoms with Crippen LogP contribution in [0.5, 0.6) is 0 Å². The number of nitrogen functional groups attached to an aromatic ring is 1. The summed E-state index contributed by atoms with van der Waals surface area (Å²) in [6, 6.07) is 4.86. The lowest BCUT2D eigenvalue weighted by atomic mass is 10.1. The van der Waals surface area contributed by atoms with Gasteiger partial charge >= 0.3 is 6.18 Å². The fourth-order valence-electron chi connectivity index (χ4n) is 1.53. The number of amides is 1. The van der Waals surface area contributed by atoms with Crippen LogP contribution in [0.3, 0.4) is 0 Å². The maximum absolute atomic E-state index is 12.4. The first-order chi connectivity index (χ1) is 8.79. The topological polar surface area (TPSA) is 86.9 Å². The van der Waals surface area contributed by atoms with Gasteiger partial charge in [-0.25, -0.2) is 4.68 Å². The molecule has 0 aliphatic carbocycles. The lowest BCUT2D eigenvalue weighted by Gasteiger charge is -2.07. The predicted octanol–water partition coefficient (Wildman–Crippen LogP) is 1.57. The molecule has 100 valence electrons. The maximum atomic E-state index is 12.4. The number of halogens is 3. The summed E-state index contributed by atoms with van der Waals surface area (Å²) in [6.07, 6.45) is -3.38. The number of primary amides is 1. The minimum absolute atomic E-state index is 0.105. The van der Waals surface area contributed by atoms with E-state index in [2.05, 4.69) is 5.10 Å². The number of hydrogen-bond acceptors (Lipinski definition) is 3. The summed E-state index contributed by atoms with van der Waals surface area (Å²) in [5, 5.41) is 3.38. The van der Waals surface area contributed by atoms with Crippen molar-refractivity contribution in [2.24, 2.45) is 5.73 Å². The Morgan fingerprint density at radius 2 is 1.95 bits per heavy atom. The lowest BCUT2D eigenvalue weighted by Crippen LogP contribution is -2.12. The predicted molar refractivity (Wildman–Crippen MR) is 61.5 cm³/mol. The minimum atomic E-state index is -4.52. The van der Waals surface area contributed by atoms with Crippen molar-refractivity contribution in [2.45, 2.75) is 6.18 Å². The highest BCUT2D eigenvalue weighted by atomic mass is 19.4. The lowest BCUT2D eigenvalue weighted by molar-refractivity contribution is -0.141. The second-order valence-electron chi connectivity index (χ2n) is 3.78. The highest BCUT2D eigenvalue weighted by molar-refractivity contribution is 5.94. The third kappa shape index (κ3) is 2.51. The maximum Gasteiger partial charge on any atom is 0.435 e. The molecule has 0 atom stereocenters. The van der Waals surface area contributed by atoms with Gasteiger partial charge in [-0.15, -0.1) is 0 Å². The Morgan fingerprint density at radius 1 is 1.26 bits per heavy atom. The quantitative estimate of drug-likeness (QED) is 0.812. The molecule has 0 bridgehead atoms. The molecule has 0 saturated heterocycles. The fraction of sp³-hybridized carbons (Fsp3) is 0.0909. The summed E-state index contributed by atoms with van der Waals surface area (Å²) in [5.74, 6) is -0.672. The molecule has 1 aromatic heterocycles. The van der Waals surface area contributed by atoms with Crippen LogP contribution < -0.4 is 11.5 Å². The van der Waals surface area contributed by atoms with Crippen molar-refractivity contribution in [3.05, 3.63) is 41.7 Å². The number of anilines is 1. The van der Waals surface area contributed by atoms with Gasteiger partial charge in [-0.3, -0.25) is 4.79 Å². The molecule has 8 heteroatoms. The van der Waals surface area contributed by atoms with Crippen LogP contribution in [0.25, 0.3) is 5.69 Å². The van der Waals surface area contributed by atoms with E-state index in [9.17, 15) is 18.0 Å². The van der Waals surface area contributed by atoms with Crippen molar-refractivity contribution in [1.29, 1.82) is 0 Å². The highest BCUT2D eigenvalue weighted by Crippen LogP contribution is 2.28. The average molecular weight is 270 g/mol. The SMILES string of the molecule is NC(=O)c1ccc(-n2ccc(C(F)(F)F)n2)c(N)c1. The van der Waals surface area contributed by atoms with Crippen molar-refractivity contribution < 1.29 is 18.0 Å². The van der Waals surface area contributed by atoms with Gasteiger partial charge in [0.15, 0.2) is 5.69 Å². The Bertz CT molecular complexity index is 633. The van der Waals surface area contributed by atoms with Gasteiger partial charge in [0.2, 0.25) is 5.91 Å². The molecule has 0 radical (unpaired) electrons. The van der Waals surface area contributed by atoms with Gasteiger partial charge in [0.25, 0.3) is 0 Å². The van der Waals surface area contributed by atoms with Gasteiger partial charge < -0.3 is 11.5 Å². The number of carbonyl (C=O) groups excluding carboxylic acids is 1. The third-order valence-corrected chi connectivity index (χ3v) is 2.44. The Kier molecular flexibility index (Phi) is 2.93. The molecule has 0 fully saturated rings. The summed E-state index contributed by atoms with van der Waals surface area (Å²) in [6.45, 7) is 0. The first-order valence-electron chi connectivity index (χ1n) is 5.11. The smallest absolute Gasteiger partial charge is 0.397 e. The van der Waals surface area contributed by atoms with Gasteiger partial charge in [0.1, 0.15) is 0 Å². The van der Waals surface area contributed by atoms with Crippen LogP contribution in [0.2, 0.25) is 0 Å². The summed E-state index contributed by atoms with van der Waals surface area (Å²) >= 11 is 0. The van der Waals surface area contributed by atoms with Crippen molar-refractivity contribution in [1.82, 2.24) is 9.78 Å². The average Bonchev–Trinajstić information content (AvgIpc) is 2.77. The zero-order valence-corrected chi connectivity index (χ0v) is 9.48. The van der Waals surface area contributed by atoms with E-state index in [0.717, 1.165) is 16.9 Å². The molecule has 0 aliphatic heterocycles. The van der Waals surface area contributed by atoms with Crippen LogP contribution in [0.1, 0.15) is 16.1 Å². The van der Waals surface area contributed by atoms with E-state index in [4.69, 9.17) is 11.5 Å². The van der Waals surface area contributed by atoms with Crippen LogP contribution in [0.15, 0.2) is 30.5 Å². The van der Waals surface area contributed by atoms with E-state index in [1.165, 1.54) is 18.2 Å². The number of nitrogens with two attached hydrogens (primary N) is 2. The monoisotopic (exact) mass is 270 g/mol. The van der Waals surface area contributed by atoms with Gasteiger partial charge in [-0.05, 0) is 24.3 Å². The van der Waals surface area contributed by atoms with E-state index in [1.807, 2.05) is 0 Å². The fourth-order valence-corrected chi connectivity index (χ4v) is 1.53. The van der Waals surface area contributed by atoms with Crippen LogP contribution in [-0.4, -0.2) is 15.7 Å². The molecule has 2 rings (SSSR count). The summed E-state index contributed by atoms with van der Waals surface area (Å²) in [7, 11) is 0. The van der Waals surface area contributed by atoms with Crippen LogP contribution in [0.4, 0.5) is 18.9 Å². The zero-order valence-electron chi connectivity index (χ0n) is 9.48. The van der Waals surface area contributed by atoms with E-state index in [0.29, 0.717) is 0 Å². The summed E-state index contributed by atoms with van der Waals surface area (Å²) in [4.78, 5) is 10.9. The molecule has 1 aromatic carbocycles. The molecule has 0 saturated carbocycles. The van der Waals surface area contributed by atoms with Crippen LogP contribution in [-0.2, 0) is 6.18 Å². The van der Waals surface area contributed by atoms with Crippen molar-refractivity contribution in [3.63, 3.8) is 0 Å². The molecule has 4 N–H and O–H groups in total. The minimum Gasteiger partial charge on any atom is -0.397 e. The molecular formula is C11H9F3N4O. The molecule has 1 amide bonds. The van der Waals surface area contributed by atoms with Crippen molar-refractivity contribution in [3.8, 4) is 5.69 Å². The van der Waals surface area contributed by atoms with E-state index in [1.54, 1.807) is 0 Å². The van der Waals surface area contributed by atoms with Gasteiger partial charge in [0, 0.05) is 11.8 Å². The molecule has 19 heavy (non-hydrogen) atoms. The number of aromatic nitrogens is 2. The van der Waals surface area contributed by atoms with E-state index < -0.39 is 17.8 Å². The zero-order chi connectivity index (χ0) is 14.2.